The summed E-state index contributed by atoms with van der Waals surface area (Å²) in [7, 11) is 5.17. The number of benzene rings is 3. The van der Waals surface area contributed by atoms with Gasteiger partial charge in [-0.15, -0.1) is 0 Å². The predicted octanol–water partition coefficient (Wildman–Crippen LogP) is 6.16. The molecule has 12 heteroatoms. The lowest BCUT2D eigenvalue weighted by atomic mass is 10.2. The van der Waals surface area contributed by atoms with Crippen molar-refractivity contribution in [3.8, 4) is 11.5 Å². The number of aromatic nitrogens is 3. The van der Waals surface area contributed by atoms with Gasteiger partial charge in [-0.1, -0.05) is 29.3 Å². The van der Waals surface area contributed by atoms with Crippen molar-refractivity contribution in [2.45, 2.75) is 6.61 Å². The highest BCUT2D eigenvalue weighted by atomic mass is 35.5. The Morgan fingerprint density at radius 3 is 2.42 bits per heavy atom. The van der Waals surface area contributed by atoms with Gasteiger partial charge in [0, 0.05) is 35.4 Å². The minimum Gasteiger partial charge on any atom is -0.493 e. The van der Waals surface area contributed by atoms with Crippen LogP contribution in [0.25, 0.3) is 0 Å². The van der Waals surface area contributed by atoms with Crippen LogP contribution in [0.4, 0.5) is 27.9 Å². The van der Waals surface area contributed by atoms with Gasteiger partial charge in [-0.05, 0) is 60.2 Å². The zero-order chi connectivity index (χ0) is 27.1. The van der Waals surface area contributed by atoms with Crippen LogP contribution in [0.15, 0.2) is 65.8 Å². The summed E-state index contributed by atoms with van der Waals surface area (Å²) in [5, 5.41) is 8.36. The molecule has 0 aliphatic carbocycles. The molecule has 4 rings (SSSR count). The van der Waals surface area contributed by atoms with Gasteiger partial charge in [0.25, 0.3) is 0 Å². The second-order valence-electron chi connectivity index (χ2n) is 8.11. The standard InChI is InChI=1S/C26H24Cl2FN7O2/c1-36(2)26-33-24(31-20-9-7-19(29)8-10-20)32-25(34-26)35-30-14-16-4-11-22(23(12-16)37-3)38-15-17-5-6-18(27)13-21(17)28/h4-14H,15H2,1-3H3,(H2,31,32,33,34,35)/b30-14+. The summed E-state index contributed by atoms with van der Waals surface area (Å²) >= 11 is 12.2. The highest BCUT2D eigenvalue weighted by molar-refractivity contribution is 6.35. The van der Waals surface area contributed by atoms with Crippen LogP contribution in [0.2, 0.25) is 10.0 Å². The Morgan fingerprint density at radius 2 is 1.71 bits per heavy atom. The molecule has 3 aromatic carbocycles. The lowest BCUT2D eigenvalue weighted by Gasteiger charge is -2.13. The fraction of sp³-hybridized carbons (Fsp3) is 0.154. The Kier molecular flexibility index (Phi) is 8.77. The largest absolute Gasteiger partial charge is 0.493 e. The van der Waals surface area contributed by atoms with Crippen molar-refractivity contribution in [1.29, 1.82) is 0 Å². The van der Waals surface area contributed by atoms with Crippen LogP contribution in [-0.2, 0) is 6.61 Å². The summed E-state index contributed by atoms with van der Waals surface area (Å²) in [6.07, 6.45) is 1.59. The quantitative estimate of drug-likeness (QED) is 0.177. The molecule has 38 heavy (non-hydrogen) atoms. The van der Waals surface area contributed by atoms with Gasteiger partial charge in [-0.25, -0.2) is 9.82 Å². The summed E-state index contributed by atoms with van der Waals surface area (Å²) in [6, 6.07) is 16.5. The van der Waals surface area contributed by atoms with E-state index in [0.717, 1.165) is 11.1 Å². The first-order valence-corrected chi connectivity index (χ1v) is 12.1. The Morgan fingerprint density at radius 1 is 0.947 bits per heavy atom. The van der Waals surface area contributed by atoms with Gasteiger partial charge in [0.05, 0.1) is 13.3 Å². The van der Waals surface area contributed by atoms with E-state index in [2.05, 4.69) is 30.8 Å². The number of rotatable bonds is 10. The summed E-state index contributed by atoms with van der Waals surface area (Å²) in [5.41, 5.74) is 4.99. The zero-order valence-corrected chi connectivity index (χ0v) is 22.3. The fourth-order valence-corrected chi connectivity index (χ4v) is 3.64. The molecule has 0 unspecified atom stereocenters. The Bertz CT molecular complexity index is 1440. The molecule has 0 atom stereocenters. The number of methoxy groups -OCH3 is 1. The van der Waals surface area contributed by atoms with E-state index >= 15 is 0 Å². The smallest absolute Gasteiger partial charge is 0.250 e. The SMILES string of the molecule is COc1cc(/C=N/Nc2nc(Nc3ccc(F)cc3)nc(N(C)C)n2)ccc1OCc1ccc(Cl)cc1Cl. The molecule has 0 fully saturated rings. The number of nitrogens with zero attached hydrogens (tertiary/aromatic N) is 5. The molecular weight excluding hydrogens is 532 g/mol. The van der Waals surface area contributed by atoms with Gasteiger partial charge in [0.2, 0.25) is 17.8 Å². The molecule has 4 aromatic rings. The number of ether oxygens (including phenoxy) is 2. The van der Waals surface area contributed by atoms with Gasteiger partial charge < -0.3 is 19.7 Å². The van der Waals surface area contributed by atoms with Crippen molar-refractivity contribution < 1.29 is 13.9 Å². The molecule has 196 valence electrons. The van der Waals surface area contributed by atoms with Crippen LogP contribution in [0, 0.1) is 5.82 Å². The monoisotopic (exact) mass is 555 g/mol. The van der Waals surface area contributed by atoms with Crippen molar-refractivity contribution >= 4 is 52.9 Å². The second-order valence-corrected chi connectivity index (χ2v) is 8.96. The minimum atomic E-state index is -0.334. The van der Waals surface area contributed by atoms with Gasteiger partial charge in [0.15, 0.2) is 11.5 Å². The maximum atomic E-state index is 13.2. The van der Waals surface area contributed by atoms with E-state index in [1.807, 2.05) is 12.1 Å². The number of hydrogen-bond donors (Lipinski definition) is 2. The predicted molar refractivity (Wildman–Crippen MR) is 149 cm³/mol. The van der Waals surface area contributed by atoms with E-state index in [4.69, 9.17) is 32.7 Å². The molecular formula is C26H24Cl2FN7O2. The van der Waals surface area contributed by atoms with E-state index in [-0.39, 0.29) is 24.3 Å². The summed E-state index contributed by atoms with van der Waals surface area (Å²) in [5.74, 6) is 1.65. The number of hydrogen-bond acceptors (Lipinski definition) is 9. The van der Waals surface area contributed by atoms with Crippen molar-refractivity contribution in [1.82, 2.24) is 15.0 Å². The third-order valence-corrected chi connectivity index (χ3v) is 5.68. The van der Waals surface area contributed by atoms with Crippen LogP contribution >= 0.6 is 23.2 Å². The van der Waals surface area contributed by atoms with Gasteiger partial charge >= 0.3 is 0 Å². The maximum absolute atomic E-state index is 13.2. The first-order chi connectivity index (χ1) is 18.3. The molecule has 1 aromatic heterocycles. The highest BCUT2D eigenvalue weighted by Gasteiger charge is 2.10. The van der Waals surface area contributed by atoms with E-state index in [1.165, 1.54) is 12.1 Å². The van der Waals surface area contributed by atoms with Crippen molar-refractivity contribution in [3.05, 3.63) is 87.7 Å². The molecule has 0 amide bonds. The van der Waals surface area contributed by atoms with Crippen molar-refractivity contribution in [2.24, 2.45) is 5.10 Å². The van der Waals surface area contributed by atoms with E-state index in [1.54, 1.807) is 68.7 Å². The lowest BCUT2D eigenvalue weighted by Crippen LogP contribution is -2.15. The summed E-state index contributed by atoms with van der Waals surface area (Å²) in [6.45, 7) is 0.253. The molecule has 0 saturated heterocycles. The molecule has 0 spiro atoms. The van der Waals surface area contributed by atoms with Crippen LogP contribution in [-0.4, -0.2) is 42.4 Å². The van der Waals surface area contributed by atoms with E-state index < -0.39 is 0 Å². The summed E-state index contributed by atoms with van der Waals surface area (Å²) in [4.78, 5) is 14.8. The van der Waals surface area contributed by atoms with Crippen molar-refractivity contribution in [3.63, 3.8) is 0 Å². The second kappa shape index (κ2) is 12.4. The molecule has 9 nitrogen and oxygen atoms in total. The van der Waals surface area contributed by atoms with Gasteiger partial charge in [-0.2, -0.15) is 20.1 Å². The van der Waals surface area contributed by atoms with E-state index in [9.17, 15) is 4.39 Å². The van der Waals surface area contributed by atoms with E-state index in [0.29, 0.717) is 33.2 Å². The molecule has 0 bridgehead atoms. The number of halogens is 3. The highest BCUT2D eigenvalue weighted by Crippen LogP contribution is 2.30. The van der Waals surface area contributed by atoms with Crippen LogP contribution in [0.1, 0.15) is 11.1 Å². The number of nitrogens with one attached hydrogen (secondary N) is 2. The van der Waals surface area contributed by atoms with Gasteiger partial charge in [0.1, 0.15) is 12.4 Å². The fourth-order valence-electron chi connectivity index (χ4n) is 3.18. The number of hydrazone groups is 1. The molecule has 0 radical (unpaired) electrons. The van der Waals surface area contributed by atoms with Crippen molar-refractivity contribution in [2.75, 3.05) is 36.8 Å². The Labute approximate surface area is 229 Å². The number of anilines is 4. The molecule has 1 heterocycles. The topological polar surface area (TPSA) is 96.8 Å². The van der Waals surface area contributed by atoms with Crippen LogP contribution in [0.3, 0.4) is 0 Å². The first kappa shape index (κ1) is 26.9. The first-order valence-electron chi connectivity index (χ1n) is 11.3. The van der Waals surface area contributed by atoms with Gasteiger partial charge in [-0.3, -0.25) is 0 Å². The lowest BCUT2D eigenvalue weighted by molar-refractivity contribution is 0.284. The zero-order valence-electron chi connectivity index (χ0n) is 20.7. The van der Waals surface area contributed by atoms with Crippen LogP contribution < -0.4 is 25.1 Å². The Hall–Kier alpha value is -4.15. The molecule has 0 aliphatic heterocycles. The summed E-state index contributed by atoms with van der Waals surface area (Å²) < 4.78 is 24.6. The average molecular weight is 556 g/mol. The molecule has 0 aliphatic rings. The third-order valence-electron chi connectivity index (χ3n) is 5.09. The maximum Gasteiger partial charge on any atom is 0.250 e. The average Bonchev–Trinajstić information content (AvgIpc) is 2.90. The van der Waals surface area contributed by atoms with Crippen LogP contribution in [0.5, 0.6) is 11.5 Å². The third kappa shape index (κ3) is 7.21. The normalized spacial score (nSPS) is 10.9. The molecule has 0 saturated carbocycles. The Balaban J connectivity index is 1.45. The molecule has 2 N–H and O–H groups in total. The minimum absolute atomic E-state index is 0.219.